The first-order valence-corrected chi connectivity index (χ1v) is 12.8. The fraction of sp³-hybridized carbons (Fsp3) is 0.391. The van der Waals surface area contributed by atoms with Gasteiger partial charge < -0.3 is 0 Å². The number of amides is 1. The quantitative estimate of drug-likeness (QED) is 0.694. The van der Waals surface area contributed by atoms with Crippen molar-refractivity contribution in [2.45, 2.75) is 42.8 Å². The fourth-order valence-corrected chi connectivity index (χ4v) is 5.90. The second kappa shape index (κ2) is 8.76. The SMILES string of the molecule is CC1CN(C(=O)c2ccc3c(c2)CCCC3)C(=Nc2cccc(S(=O)(=O)N(C)C)c2)S1. The first-order valence-electron chi connectivity index (χ1n) is 10.5. The van der Waals surface area contributed by atoms with E-state index in [0.717, 1.165) is 12.8 Å². The van der Waals surface area contributed by atoms with Crippen molar-refractivity contribution in [3.8, 4) is 0 Å². The standard InChI is InChI=1S/C23H27N3O3S2/c1-16-15-26(22(27)19-12-11-17-7-4-5-8-18(17)13-19)23(30-16)24-20-9-6-10-21(14-20)31(28,29)25(2)3/h6,9-14,16H,4-5,7-8,15H2,1-3H3. The van der Waals surface area contributed by atoms with Crippen LogP contribution in [-0.2, 0) is 22.9 Å². The Morgan fingerprint density at radius 3 is 2.58 bits per heavy atom. The number of aliphatic imine (C=N–C) groups is 1. The van der Waals surface area contributed by atoms with E-state index in [9.17, 15) is 13.2 Å². The monoisotopic (exact) mass is 457 g/mol. The molecule has 0 bridgehead atoms. The summed E-state index contributed by atoms with van der Waals surface area (Å²) in [6, 6.07) is 12.6. The number of nitrogens with zero attached hydrogens (tertiary/aromatic N) is 3. The summed E-state index contributed by atoms with van der Waals surface area (Å²) in [4.78, 5) is 19.9. The maximum Gasteiger partial charge on any atom is 0.259 e. The number of benzene rings is 2. The Kier molecular flexibility index (Phi) is 6.23. The average Bonchev–Trinajstić information content (AvgIpc) is 3.12. The normalized spacial score (nSPS) is 20.3. The van der Waals surface area contributed by atoms with Crippen LogP contribution in [0, 0.1) is 0 Å². The van der Waals surface area contributed by atoms with Crippen LogP contribution in [0.2, 0.25) is 0 Å². The average molecular weight is 458 g/mol. The van der Waals surface area contributed by atoms with E-state index in [-0.39, 0.29) is 16.1 Å². The van der Waals surface area contributed by atoms with Crippen molar-refractivity contribution in [2.75, 3.05) is 20.6 Å². The van der Waals surface area contributed by atoms with Crippen LogP contribution in [-0.4, -0.2) is 54.6 Å². The number of carbonyl (C=O) groups is 1. The summed E-state index contributed by atoms with van der Waals surface area (Å²) < 4.78 is 26.1. The molecule has 2 aromatic carbocycles. The van der Waals surface area contributed by atoms with E-state index in [1.54, 1.807) is 29.2 Å². The van der Waals surface area contributed by atoms with Crippen molar-refractivity contribution in [1.82, 2.24) is 9.21 Å². The minimum atomic E-state index is -3.55. The first kappa shape index (κ1) is 22.0. The van der Waals surface area contributed by atoms with Crippen molar-refractivity contribution in [2.24, 2.45) is 4.99 Å². The van der Waals surface area contributed by atoms with Gasteiger partial charge in [0.1, 0.15) is 0 Å². The van der Waals surface area contributed by atoms with Gasteiger partial charge in [-0.2, -0.15) is 0 Å². The molecule has 1 aliphatic carbocycles. The number of amidine groups is 1. The van der Waals surface area contributed by atoms with Gasteiger partial charge in [0, 0.05) is 31.5 Å². The second-order valence-corrected chi connectivity index (χ2v) is 11.8. The summed E-state index contributed by atoms with van der Waals surface area (Å²) in [5.41, 5.74) is 3.83. The zero-order valence-corrected chi connectivity index (χ0v) is 19.7. The van der Waals surface area contributed by atoms with E-state index >= 15 is 0 Å². The van der Waals surface area contributed by atoms with Crippen molar-refractivity contribution >= 4 is 38.5 Å². The molecule has 0 spiro atoms. The van der Waals surface area contributed by atoms with Crippen LogP contribution < -0.4 is 0 Å². The molecule has 0 aromatic heterocycles. The summed E-state index contributed by atoms with van der Waals surface area (Å²) in [5, 5.41) is 0.823. The van der Waals surface area contributed by atoms with Gasteiger partial charge in [0.05, 0.1) is 10.6 Å². The highest BCUT2D eigenvalue weighted by atomic mass is 32.2. The lowest BCUT2D eigenvalue weighted by Crippen LogP contribution is -2.32. The second-order valence-electron chi connectivity index (χ2n) is 8.21. The maximum atomic E-state index is 13.3. The molecule has 2 aliphatic rings. The first-order chi connectivity index (χ1) is 14.8. The molecule has 1 aliphatic heterocycles. The van der Waals surface area contributed by atoms with Crippen molar-refractivity contribution < 1.29 is 13.2 Å². The lowest BCUT2D eigenvalue weighted by Gasteiger charge is -2.20. The summed E-state index contributed by atoms with van der Waals surface area (Å²) in [6.07, 6.45) is 4.48. The van der Waals surface area contributed by atoms with E-state index in [1.807, 2.05) is 12.1 Å². The fourth-order valence-electron chi connectivity index (χ4n) is 3.93. The highest BCUT2D eigenvalue weighted by Gasteiger charge is 2.32. The predicted molar refractivity (Wildman–Crippen MR) is 126 cm³/mol. The summed E-state index contributed by atoms with van der Waals surface area (Å²) in [5.74, 6) is -0.0546. The van der Waals surface area contributed by atoms with Gasteiger partial charge in [0.25, 0.3) is 5.91 Å². The Bertz CT molecular complexity index is 1140. The molecule has 8 heteroatoms. The number of carbonyl (C=O) groups excluding carboxylic acids is 1. The number of aryl methyl sites for hydroxylation is 2. The minimum Gasteiger partial charge on any atom is -0.286 e. The van der Waals surface area contributed by atoms with Gasteiger partial charge in [0.2, 0.25) is 10.0 Å². The van der Waals surface area contributed by atoms with Crippen LogP contribution in [0.1, 0.15) is 41.3 Å². The molecule has 6 nitrogen and oxygen atoms in total. The molecule has 164 valence electrons. The van der Waals surface area contributed by atoms with E-state index in [4.69, 9.17) is 0 Å². The zero-order valence-electron chi connectivity index (χ0n) is 18.0. The van der Waals surface area contributed by atoms with Crippen molar-refractivity contribution in [3.05, 3.63) is 59.2 Å². The molecule has 4 rings (SSSR count). The number of hydrogen-bond donors (Lipinski definition) is 0. The van der Waals surface area contributed by atoms with Crippen LogP contribution in [0.4, 0.5) is 5.69 Å². The van der Waals surface area contributed by atoms with Crippen LogP contribution in [0.5, 0.6) is 0 Å². The Labute approximate surface area is 188 Å². The van der Waals surface area contributed by atoms with Gasteiger partial charge in [-0.3, -0.25) is 9.69 Å². The minimum absolute atomic E-state index is 0.0546. The maximum absolute atomic E-state index is 13.3. The summed E-state index contributed by atoms with van der Waals surface area (Å²) in [7, 11) is -0.546. The third-order valence-electron chi connectivity index (χ3n) is 5.64. The highest BCUT2D eigenvalue weighted by molar-refractivity contribution is 8.14. The predicted octanol–water partition coefficient (Wildman–Crippen LogP) is 4.08. The summed E-state index contributed by atoms with van der Waals surface area (Å²) >= 11 is 1.54. The third-order valence-corrected chi connectivity index (χ3v) is 8.52. The topological polar surface area (TPSA) is 70.0 Å². The number of rotatable bonds is 4. The molecular weight excluding hydrogens is 430 g/mol. The molecule has 1 saturated heterocycles. The molecule has 1 amide bonds. The number of fused-ring (bicyclic) bond motifs is 1. The molecular formula is C23H27N3O3S2. The van der Waals surface area contributed by atoms with Crippen molar-refractivity contribution in [3.63, 3.8) is 0 Å². The molecule has 1 unspecified atom stereocenters. The van der Waals surface area contributed by atoms with Crippen LogP contribution in [0.15, 0.2) is 52.4 Å². The van der Waals surface area contributed by atoms with Gasteiger partial charge in [-0.05, 0) is 67.1 Å². The summed E-state index contributed by atoms with van der Waals surface area (Å²) in [6.45, 7) is 2.64. The van der Waals surface area contributed by atoms with Gasteiger partial charge in [-0.25, -0.2) is 17.7 Å². The van der Waals surface area contributed by atoms with Crippen molar-refractivity contribution in [1.29, 1.82) is 0 Å². The smallest absolute Gasteiger partial charge is 0.259 e. The Hall–Kier alpha value is -2.16. The van der Waals surface area contributed by atoms with E-state index in [1.165, 1.54) is 54.1 Å². The molecule has 2 aromatic rings. The number of thioether (sulfide) groups is 1. The molecule has 1 heterocycles. The zero-order chi connectivity index (χ0) is 22.2. The van der Waals surface area contributed by atoms with Gasteiger partial charge >= 0.3 is 0 Å². The Morgan fingerprint density at radius 2 is 1.84 bits per heavy atom. The highest BCUT2D eigenvalue weighted by Crippen LogP contribution is 2.31. The Morgan fingerprint density at radius 1 is 1.10 bits per heavy atom. The van der Waals surface area contributed by atoms with E-state index in [2.05, 4.69) is 18.0 Å². The number of sulfonamides is 1. The van der Waals surface area contributed by atoms with Crippen LogP contribution in [0.3, 0.4) is 0 Å². The number of hydrogen-bond acceptors (Lipinski definition) is 5. The molecule has 0 radical (unpaired) electrons. The molecule has 1 fully saturated rings. The van der Waals surface area contributed by atoms with Gasteiger partial charge in [-0.15, -0.1) is 0 Å². The van der Waals surface area contributed by atoms with Gasteiger partial charge in [0.15, 0.2) is 5.17 Å². The molecule has 1 atom stereocenters. The van der Waals surface area contributed by atoms with E-state index < -0.39 is 10.0 Å². The molecule has 0 N–H and O–H groups in total. The molecule has 31 heavy (non-hydrogen) atoms. The Balaban J connectivity index is 1.64. The molecule has 0 saturated carbocycles. The largest absolute Gasteiger partial charge is 0.286 e. The third kappa shape index (κ3) is 4.56. The lowest BCUT2D eigenvalue weighted by molar-refractivity contribution is 0.0855. The van der Waals surface area contributed by atoms with Crippen LogP contribution >= 0.6 is 11.8 Å². The van der Waals surface area contributed by atoms with Crippen LogP contribution in [0.25, 0.3) is 0 Å². The van der Waals surface area contributed by atoms with E-state index in [0.29, 0.717) is 23.0 Å². The lowest BCUT2D eigenvalue weighted by atomic mass is 9.90. The van der Waals surface area contributed by atoms with Gasteiger partial charge in [-0.1, -0.05) is 30.8 Å².